The zero-order valence-corrected chi connectivity index (χ0v) is 9.70. The first-order valence-corrected chi connectivity index (χ1v) is 5.76. The summed E-state index contributed by atoms with van der Waals surface area (Å²) in [6, 6.07) is 0. The highest BCUT2D eigenvalue weighted by Crippen LogP contribution is 2.29. The predicted octanol–water partition coefficient (Wildman–Crippen LogP) is 2.14. The smallest absolute Gasteiger partial charge is 0.330 e. The number of nitrogens with zero attached hydrogens (tertiary/aromatic N) is 1. The molecule has 0 aromatic carbocycles. The Morgan fingerprint density at radius 2 is 2.20 bits per heavy atom. The summed E-state index contributed by atoms with van der Waals surface area (Å²) in [6.45, 7) is 6.80. The van der Waals surface area contributed by atoms with E-state index >= 15 is 0 Å². The van der Waals surface area contributed by atoms with Gasteiger partial charge in [-0.3, -0.25) is 4.90 Å². The fraction of sp³-hybridized carbons (Fsp3) is 0.750. The van der Waals surface area contributed by atoms with E-state index in [-0.39, 0.29) is 0 Å². The van der Waals surface area contributed by atoms with Gasteiger partial charge in [0, 0.05) is 18.7 Å². The molecule has 1 fully saturated rings. The average Bonchev–Trinajstić information content (AvgIpc) is 2.97. The van der Waals surface area contributed by atoms with Gasteiger partial charge in [0.25, 0.3) is 0 Å². The van der Waals surface area contributed by atoms with Crippen molar-refractivity contribution >= 4 is 5.97 Å². The second kappa shape index (κ2) is 5.91. The highest BCUT2D eigenvalue weighted by molar-refractivity contribution is 5.85. The maximum Gasteiger partial charge on any atom is 0.330 e. The van der Waals surface area contributed by atoms with Crippen molar-refractivity contribution in [3.05, 3.63) is 11.6 Å². The molecule has 0 unspecified atom stereocenters. The summed E-state index contributed by atoms with van der Waals surface area (Å²) in [5.74, 6) is 0.0629. The molecule has 1 aliphatic rings. The van der Waals surface area contributed by atoms with Gasteiger partial charge in [-0.2, -0.15) is 0 Å². The quantitative estimate of drug-likeness (QED) is 0.656. The monoisotopic (exact) mass is 211 g/mol. The highest BCUT2D eigenvalue weighted by Gasteiger charge is 2.23. The Kier molecular flexibility index (Phi) is 4.82. The number of hydrogen-bond acceptors (Lipinski definition) is 2. The molecule has 0 atom stereocenters. The minimum Gasteiger partial charge on any atom is -0.478 e. The van der Waals surface area contributed by atoms with Gasteiger partial charge in [-0.05, 0) is 38.6 Å². The molecule has 1 rings (SSSR count). The van der Waals surface area contributed by atoms with E-state index < -0.39 is 5.97 Å². The third-order valence-electron chi connectivity index (χ3n) is 2.75. The van der Waals surface area contributed by atoms with Crippen LogP contribution in [0.4, 0.5) is 0 Å². The molecule has 0 aromatic heterocycles. The molecule has 15 heavy (non-hydrogen) atoms. The summed E-state index contributed by atoms with van der Waals surface area (Å²) in [5.41, 5.74) is 0.451. The normalized spacial score (nSPS) is 17.1. The third-order valence-corrected chi connectivity index (χ3v) is 2.75. The van der Waals surface area contributed by atoms with Gasteiger partial charge in [0.1, 0.15) is 0 Å². The summed E-state index contributed by atoms with van der Waals surface area (Å²) < 4.78 is 0. The second-order valence-corrected chi connectivity index (χ2v) is 4.40. The van der Waals surface area contributed by atoms with E-state index in [1.807, 2.05) is 6.08 Å². The molecule has 3 nitrogen and oxygen atoms in total. The van der Waals surface area contributed by atoms with Crippen LogP contribution in [0.5, 0.6) is 0 Å². The average molecular weight is 211 g/mol. The fourth-order valence-electron chi connectivity index (χ4n) is 1.59. The Hall–Kier alpha value is -0.830. The maximum atomic E-state index is 10.6. The van der Waals surface area contributed by atoms with Gasteiger partial charge in [0.15, 0.2) is 0 Å². The van der Waals surface area contributed by atoms with E-state index in [2.05, 4.69) is 11.8 Å². The Labute approximate surface area is 91.8 Å². The number of rotatable bonds is 7. The van der Waals surface area contributed by atoms with E-state index in [4.69, 9.17) is 5.11 Å². The van der Waals surface area contributed by atoms with Crippen LogP contribution in [-0.4, -0.2) is 35.6 Å². The van der Waals surface area contributed by atoms with Crippen molar-refractivity contribution < 1.29 is 9.90 Å². The van der Waals surface area contributed by atoms with Gasteiger partial charge in [0.05, 0.1) is 0 Å². The van der Waals surface area contributed by atoms with Crippen molar-refractivity contribution in [2.24, 2.45) is 5.92 Å². The number of carboxylic acid groups (broad SMARTS) is 1. The van der Waals surface area contributed by atoms with Crippen molar-refractivity contribution in [2.45, 2.75) is 33.1 Å². The van der Waals surface area contributed by atoms with Crippen LogP contribution in [0.3, 0.4) is 0 Å². The van der Waals surface area contributed by atoms with Crippen molar-refractivity contribution in [2.75, 3.05) is 19.6 Å². The van der Waals surface area contributed by atoms with Gasteiger partial charge >= 0.3 is 5.97 Å². The van der Waals surface area contributed by atoms with Gasteiger partial charge in [-0.1, -0.05) is 13.0 Å². The molecule has 0 radical (unpaired) electrons. The Morgan fingerprint density at radius 1 is 1.53 bits per heavy atom. The molecule has 86 valence electrons. The van der Waals surface area contributed by atoms with Crippen LogP contribution in [0.25, 0.3) is 0 Å². The first-order valence-electron chi connectivity index (χ1n) is 5.76. The number of aliphatic carboxylic acids is 1. The summed E-state index contributed by atoms with van der Waals surface area (Å²) in [6.07, 6.45) is 5.65. The molecule has 0 aliphatic heterocycles. The lowest BCUT2D eigenvalue weighted by atomic mass is 10.2. The molecule has 3 heteroatoms. The van der Waals surface area contributed by atoms with E-state index in [0.29, 0.717) is 5.57 Å². The van der Waals surface area contributed by atoms with Gasteiger partial charge in [-0.25, -0.2) is 4.79 Å². The van der Waals surface area contributed by atoms with Crippen molar-refractivity contribution in [3.63, 3.8) is 0 Å². The van der Waals surface area contributed by atoms with Crippen LogP contribution in [0, 0.1) is 5.92 Å². The topological polar surface area (TPSA) is 40.5 Å². The first kappa shape index (κ1) is 12.2. The summed E-state index contributed by atoms with van der Waals surface area (Å²) >= 11 is 0. The van der Waals surface area contributed by atoms with Crippen LogP contribution >= 0.6 is 0 Å². The fourth-order valence-corrected chi connectivity index (χ4v) is 1.59. The standard InChI is InChI=1S/C12H21NO2/c1-3-7-13(9-11-4-5-11)8-6-10(2)12(14)15/h6,11H,3-5,7-9H2,1-2H3,(H,14,15). The number of hydrogen-bond donors (Lipinski definition) is 1. The highest BCUT2D eigenvalue weighted by atomic mass is 16.4. The summed E-state index contributed by atoms with van der Waals surface area (Å²) in [4.78, 5) is 13.0. The van der Waals surface area contributed by atoms with Crippen LogP contribution < -0.4 is 0 Å². The van der Waals surface area contributed by atoms with E-state index in [0.717, 1.165) is 32.0 Å². The lowest BCUT2D eigenvalue weighted by molar-refractivity contribution is -0.132. The van der Waals surface area contributed by atoms with Crippen LogP contribution in [0.2, 0.25) is 0 Å². The minimum atomic E-state index is -0.808. The van der Waals surface area contributed by atoms with Gasteiger partial charge in [-0.15, -0.1) is 0 Å². The first-order chi connectivity index (χ1) is 7.13. The van der Waals surface area contributed by atoms with Crippen LogP contribution in [0.1, 0.15) is 33.1 Å². The lowest BCUT2D eigenvalue weighted by Crippen LogP contribution is -2.27. The van der Waals surface area contributed by atoms with E-state index in [1.54, 1.807) is 6.92 Å². The molecular formula is C12H21NO2. The third kappa shape index (κ3) is 4.98. The Morgan fingerprint density at radius 3 is 2.67 bits per heavy atom. The van der Waals surface area contributed by atoms with Crippen LogP contribution in [0.15, 0.2) is 11.6 Å². The van der Waals surface area contributed by atoms with Crippen molar-refractivity contribution in [3.8, 4) is 0 Å². The molecule has 0 bridgehead atoms. The van der Waals surface area contributed by atoms with E-state index in [1.165, 1.54) is 12.8 Å². The molecule has 0 saturated heterocycles. The number of carbonyl (C=O) groups is 1. The van der Waals surface area contributed by atoms with Gasteiger partial charge in [0.2, 0.25) is 0 Å². The summed E-state index contributed by atoms with van der Waals surface area (Å²) in [5, 5.41) is 8.73. The largest absolute Gasteiger partial charge is 0.478 e. The zero-order chi connectivity index (χ0) is 11.3. The van der Waals surface area contributed by atoms with Crippen LogP contribution in [-0.2, 0) is 4.79 Å². The molecular weight excluding hydrogens is 190 g/mol. The van der Waals surface area contributed by atoms with Crippen molar-refractivity contribution in [1.82, 2.24) is 4.90 Å². The van der Waals surface area contributed by atoms with Gasteiger partial charge < -0.3 is 5.11 Å². The molecule has 1 N–H and O–H groups in total. The number of carboxylic acids is 1. The molecule has 0 amide bonds. The molecule has 1 aliphatic carbocycles. The second-order valence-electron chi connectivity index (χ2n) is 4.40. The van der Waals surface area contributed by atoms with E-state index in [9.17, 15) is 4.79 Å². The zero-order valence-electron chi connectivity index (χ0n) is 9.70. The molecule has 0 spiro atoms. The molecule has 1 saturated carbocycles. The minimum absolute atomic E-state index is 0.451. The summed E-state index contributed by atoms with van der Waals surface area (Å²) in [7, 11) is 0. The Balaban J connectivity index is 2.35. The SMILES string of the molecule is CCCN(CC=C(C)C(=O)O)CC1CC1. The Bertz CT molecular complexity index is 244. The predicted molar refractivity (Wildman–Crippen MR) is 60.8 cm³/mol. The lowest BCUT2D eigenvalue weighted by Gasteiger charge is -2.19. The molecule has 0 heterocycles. The maximum absolute atomic E-state index is 10.6. The molecule has 0 aromatic rings. The van der Waals surface area contributed by atoms with Crippen molar-refractivity contribution in [1.29, 1.82) is 0 Å².